The predicted octanol–water partition coefficient (Wildman–Crippen LogP) is 1.99. The summed E-state index contributed by atoms with van der Waals surface area (Å²) in [6, 6.07) is 0. The van der Waals surface area contributed by atoms with Crippen molar-refractivity contribution in [1.29, 1.82) is 0 Å². The third-order valence-corrected chi connectivity index (χ3v) is 2.66. The van der Waals surface area contributed by atoms with E-state index >= 15 is 0 Å². The molecule has 0 amide bonds. The van der Waals surface area contributed by atoms with Gasteiger partial charge >= 0.3 is 0 Å². The van der Waals surface area contributed by atoms with E-state index in [1.807, 2.05) is 0 Å². The first-order valence-electron chi connectivity index (χ1n) is 4.71. The van der Waals surface area contributed by atoms with Crippen LogP contribution in [0.3, 0.4) is 0 Å². The summed E-state index contributed by atoms with van der Waals surface area (Å²) in [7, 11) is 0. The number of hydrogen-bond acceptors (Lipinski definition) is 5. The van der Waals surface area contributed by atoms with Gasteiger partial charge in [-0.05, 0) is 12.3 Å². The molecule has 0 saturated carbocycles. The van der Waals surface area contributed by atoms with E-state index in [0.29, 0.717) is 12.5 Å². The Hall–Kier alpha value is -0.650. The summed E-state index contributed by atoms with van der Waals surface area (Å²) in [6.45, 7) is 5.81. The van der Waals surface area contributed by atoms with Gasteiger partial charge in [-0.3, -0.25) is 5.43 Å². The third-order valence-electron chi connectivity index (χ3n) is 1.76. The molecular weight excluding hydrogens is 198 g/mol. The molecule has 0 saturated heterocycles. The van der Waals surface area contributed by atoms with E-state index in [9.17, 15) is 0 Å². The van der Waals surface area contributed by atoms with Crippen molar-refractivity contribution in [3.63, 3.8) is 0 Å². The van der Waals surface area contributed by atoms with Crippen molar-refractivity contribution in [2.75, 3.05) is 12.0 Å². The molecule has 1 rings (SSSR count). The highest BCUT2D eigenvalue weighted by atomic mass is 32.1. The topological polar surface area (TPSA) is 60.2 Å². The van der Waals surface area contributed by atoms with Gasteiger partial charge in [-0.1, -0.05) is 25.2 Å². The lowest BCUT2D eigenvalue weighted by molar-refractivity contribution is 0.112. The summed E-state index contributed by atoms with van der Waals surface area (Å²) >= 11 is 1.52. The molecule has 1 heterocycles. The Morgan fingerprint density at radius 2 is 2.43 bits per heavy atom. The van der Waals surface area contributed by atoms with Crippen molar-refractivity contribution < 1.29 is 4.74 Å². The van der Waals surface area contributed by atoms with Crippen LogP contribution in [0, 0.1) is 5.92 Å². The SMILES string of the molecule is CC(C)CCOCc1cnc(NN)s1. The smallest absolute Gasteiger partial charge is 0.197 e. The molecule has 0 atom stereocenters. The zero-order valence-corrected chi connectivity index (χ0v) is 9.43. The normalized spacial score (nSPS) is 10.9. The first kappa shape index (κ1) is 11.4. The van der Waals surface area contributed by atoms with Crippen molar-refractivity contribution in [2.24, 2.45) is 11.8 Å². The minimum Gasteiger partial charge on any atom is -0.376 e. The van der Waals surface area contributed by atoms with Crippen LogP contribution < -0.4 is 11.3 Å². The molecule has 0 aromatic carbocycles. The highest BCUT2D eigenvalue weighted by molar-refractivity contribution is 7.15. The van der Waals surface area contributed by atoms with Crippen molar-refractivity contribution in [2.45, 2.75) is 26.9 Å². The van der Waals surface area contributed by atoms with Crippen LogP contribution in [0.1, 0.15) is 25.1 Å². The summed E-state index contributed by atoms with van der Waals surface area (Å²) in [4.78, 5) is 5.15. The van der Waals surface area contributed by atoms with Crippen LogP contribution in [0.4, 0.5) is 5.13 Å². The molecule has 0 unspecified atom stereocenters. The van der Waals surface area contributed by atoms with Crippen LogP contribution in [-0.4, -0.2) is 11.6 Å². The average molecular weight is 215 g/mol. The van der Waals surface area contributed by atoms with E-state index in [4.69, 9.17) is 10.6 Å². The third kappa shape index (κ3) is 4.04. The molecule has 0 aliphatic rings. The van der Waals surface area contributed by atoms with Crippen molar-refractivity contribution in [3.05, 3.63) is 11.1 Å². The lowest BCUT2D eigenvalue weighted by Crippen LogP contribution is -2.05. The zero-order chi connectivity index (χ0) is 10.4. The molecule has 0 spiro atoms. The molecular formula is C9H17N3OS. The van der Waals surface area contributed by atoms with Crippen molar-refractivity contribution in [3.8, 4) is 0 Å². The second-order valence-corrected chi connectivity index (χ2v) is 4.63. The number of nitrogens with zero attached hydrogens (tertiary/aromatic N) is 1. The predicted molar refractivity (Wildman–Crippen MR) is 59.0 cm³/mol. The summed E-state index contributed by atoms with van der Waals surface area (Å²) in [5.41, 5.74) is 2.51. The zero-order valence-electron chi connectivity index (χ0n) is 8.62. The molecule has 0 aliphatic heterocycles. The van der Waals surface area contributed by atoms with Gasteiger partial charge in [-0.15, -0.1) is 0 Å². The lowest BCUT2D eigenvalue weighted by atomic mass is 10.1. The number of nitrogens with one attached hydrogen (secondary N) is 1. The van der Waals surface area contributed by atoms with E-state index < -0.39 is 0 Å². The van der Waals surface area contributed by atoms with Gasteiger partial charge in [0.05, 0.1) is 11.5 Å². The standard InChI is InChI=1S/C9H17N3OS/c1-7(2)3-4-13-6-8-5-11-9(12-10)14-8/h5,7H,3-4,6,10H2,1-2H3,(H,11,12). The van der Waals surface area contributed by atoms with Gasteiger partial charge in [0.25, 0.3) is 0 Å². The molecule has 4 nitrogen and oxygen atoms in total. The maximum Gasteiger partial charge on any atom is 0.197 e. The summed E-state index contributed by atoms with van der Waals surface area (Å²) in [5, 5.41) is 0.729. The molecule has 14 heavy (non-hydrogen) atoms. The van der Waals surface area contributed by atoms with Crippen LogP contribution in [0.25, 0.3) is 0 Å². The highest BCUT2D eigenvalue weighted by Crippen LogP contribution is 2.17. The highest BCUT2D eigenvalue weighted by Gasteiger charge is 2.00. The van der Waals surface area contributed by atoms with Gasteiger partial charge in [0.2, 0.25) is 0 Å². The molecule has 1 aromatic heterocycles. The molecule has 1 aromatic rings. The Bertz CT molecular complexity index is 262. The van der Waals surface area contributed by atoms with Crippen LogP contribution >= 0.6 is 11.3 Å². The number of nitrogen functional groups attached to an aromatic ring is 1. The average Bonchev–Trinajstić information content (AvgIpc) is 2.60. The first-order chi connectivity index (χ1) is 6.72. The number of aromatic nitrogens is 1. The van der Waals surface area contributed by atoms with Crippen LogP contribution in [0.5, 0.6) is 0 Å². The molecule has 3 N–H and O–H groups in total. The molecule has 80 valence electrons. The van der Waals surface area contributed by atoms with Crippen LogP contribution in [0.15, 0.2) is 6.20 Å². The number of hydrazine groups is 1. The fourth-order valence-corrected chi connectivity index (χ4v) is 1.59. The lowest BCUT2D eigenvalue weighted by Gasteiger charge is -2.04. The largest absolute Gasteiger partial charge is 0.376 e. The van der Waals surface area contributed by atoms with Crippen LogP contribution in [0.2, 0.25) is 0 Å². The monoisotopic (exact) mass is 215 g/mol. The second kappa shape index (κ2) is 5.95. The Morgan fingerprint density at radius 1 is 1.64 bits per heavy atom. The number of ether oxygens (including phenoxy) is 1. The first-order valence-corrected chi connectivity index (χ1v) is 5.53. The Labute approximate surface area is 88.5 Å². The molecule has 0 bridgehead atoms. The van der Waals surface area contributed by atoms with E-state index in [-0.39, 0.29) is 0 Å². The number of nitrogens with two attached hydrogens (primary N) is 1. The maximum atomic E-state index is 5.49. The van der Waals surface area contributed by atoms with E-state index in [0.717, 1.165) is 23.0 Å². The van der Waals surface area contributed by atoms with E-state index in [2.05, 4.69) is 24.3 Å². The Morgan fingerprint density at radius 3 is 3.00 bits per heavy atom. The fourth-order valence-electron chi connectivity index (χ4n) is 0.933. The summed E-state index contributed by atoms with van der Waals surface area (Å²) in [5.74, 6) is 5.91. The number of anilines is 1. The van der Waals surface area contributed by atoms with E-state index in [1.165, 1.54) is 11.3 Å². The van der Waals surface area contributed by atoms with Gasteiger partial charge in [0.15, 0.2) is 5.13 Å². The minimum atomic E-state index is 0.631. The molecule has 5 heteroatoms. The summed E-state index contributed by atoms with van der Waals surface area (Å²) in [6.07, 6.45) is 2.88. The molecule has 0 aliphatic carbocycles. The van der Waals surface area contributed by atoms with Gasteiger partial charge in [-0.2, -0.15) is 0 Å². The van der Waals surface area contributed by atoms with Crippen molar-refractivity contribution >= 4 is 16.5 Å². The van der Waals surface area contributed by atoms with Gasteiger partial charge in [0, 0.05) is 12.8 Å². The van der Waals surface area contributed by atoms with E-state index in [1.54, 1.807) is 6.20 Å². The number of thiazole rings is 1. The number of hydrogen-bond donors (Lipinski definition) is 2. The van der Waals surface area contributed by atoms with Gasteiger partial charge in [0.1, 0.15) is 0 Å². The Balaban J connectivity index is 2.18. The molecule has 0 radical (unpaired) electrons. The molecule has 0 fully saturated rings. The van der Waals surface area contributed by atoms with Crippen molar-refractivity contribution in [1.82, 2.24) is 4.98 Å². The van der Waals surface area contributed by atoms with Crippen LogP contribution in [-0.2, 0) is 11.3 Å². The summed E-state index contributed by atoms with van der Waals surface area (Å²) < 4.78 is 5.49. The fraction of sp³-hybridized carbons (Fsp3) is 0.667. The van der Waals surface area contributed by atoms with Gasteiger partial charge < -0.3 is 4.74 Å². The quantitative estimate of drug-likeness (QED) is 0.433. The second-order valence-electron chi connectivity index (χ2n) is 3.51. The Kier molecular flexibility index (Phi) is 4.86. The maximum absolute atomic E-state index is 5.49. The minimum absolute atomic E-state index is 0.631. The van der Waals surface area contributed by atoms with Gasteiger partial charge in [-0.25, -0.2) is 10.8 Å². The number of rotatable bonds is 6.